The maximum Gasteiger partial charge on any atom is 0.243 e. The van der Waals surface area contributed by atoms with E-state index in [0.29, 0.717) is 36.7 Å². The number of carbonyl (C=O) groups is 2. The minimum Gasteiger partial charge on any atom is -0.355 e. The van der Waals surface area contributed by atoms with Gasteiger partial charge in [0.05, 0.1) is 0 Å². The lowest BCUT2D eigenvalue weighted by Gasteiger charge is -2.31. The lowest BCUT2D eigenvalue weighted by atomic mass is 10.0. The van der Waals surface area contributed by atoms with Crippen LogP contribution in [0.1, 0.15) is 30.0 Å². The Kier molecular flexibility index (Phi) is 10.0. The number of halogens is 1. The van der Waals surface area contributed by atoms with E-state index < -0.39 is 6.04 Å². The average molecular weight is 495 g/mol. The molecule has 4 nitrogen and oxygen atoms in total. The maximum absolute atomic E-state index is 13.5. The summed E-state index contributed by atoms with van der Waals surface area (Å²) >= 11 is 7.85. The van der Waals surface area contributed by atoms with Crippen LogP contribution in [0.3, 0.4) is 0 Å². The van der Waals surface area contributed by atoms with Crippen LogP contribution in [-0.2, 0) is 22.6 Å². The van der Waals surface area contributed by atoms with Gasteiger partial charge in [-0.2, -0.15) is 0 Å². The van der Waals surface area contributed by atoms with Crippen molar-refractivity contribution < 1.29 is 9.59 Å². The highest BCUT2D eigenvalue weighted by Gasteiger charge is 2.29. The zero-order chi connectivity index (χ0) is 24.3. The summed E-state index contributed by atoms with van der Waals surface area (Å²) in [5.41, 5.74) is 3.12. The van der Waals surface area contributed by atoms with E-state index >= 15 is 0 Å². The van der Waals surface area contributed by atoms with Gasteiger partial charge in [0.15, 0.2) is 0 Å². The molecule has 0 saturated heterocycles. The van der Waals surface area contributed by atoms with Gasteiger partial charge in [0, 0.05) is 41.6 Å². The number of hydrogen-bond acceptors (Lipinski definition) is 3. The van der Waals surface area contributed by atoms with Crippen LogP contribution in [0, 0.1) is 6.92 Å². The molecule has 3 aromatic carbocycles. The van der Waals surface area contributed by atoms with E-state index in [9.17, 15) is 9.59 Å². The molecule has 6 heteroatoms. The summed E-state index contributed by atoms with van der Waals surface area (Å²) < 4.78 is 0. The Morgan fingerprint density at radius 1 is 0.971 bits per heavy atom. The largest absolute Gasteiger partial charge is 0.355 e. The third-order valence-electron chi connectivity index (χ3n) is 5.47. The summed E-state index contributed by atoms with van der Waals surface area (Å²) in [5, 5.41) is 3.53. The molecule has 2 amide bonds. The first-order chi connectivity index (χ1) is 16.5. The Bertz CT molecular complexity index is 1070. The second-order valence-corrected chi connectivity index (χ2v) is 9.77. The quantitative estimate of drug-likeness (QED) is 0.337. The molecular weight excluding hydrogens is 464 g/mol. The monoisotopic (exact) mass is 494 g/mol. The summed E-state index contributed by atoms with van der Waals surface area (Å²) in [6.07, 6.45) is 0.786. The molecule has 0 radical (unpaired) electrons. The summed E-state index contributed by atoms with van der Waals surface area (Å²) in [4.78, 5) is 29.5. The van der Waals surface area contributed by atoms with Crippen LogP contribution < -0.4 is 5.32 Å². The summed E-state index contributed by atoms with van der Waals surface area (Å²) in [6, 6.07) is 24.9. The van der Waals surface area contributed by atoms with Crippen LogP contribution in [0.4, 0.5) is 0 Å². The van der Waals surface area contributed by atoms with Crippen LogP contribution in [0.15, 0.2) is 83.8 Å². The molecule has 3 aromatic rings. The van der Waals surface area contributed by atoms with Gasteiger partial charge in [-0.15, -0.1) is 11.8 Å². The van der Waals surface area contributed by atoms with Gasteiger partial charge in [0.25, 0.3) is 0 Å². The smallest absolute Gasteiger partial charge is 0.243 e. The number of aryl methyl sites for hydroxylation is 1. The predicted molar refractivity (Wildman–Crippen MR) is 141 cm³/mol. The normalized spacial score (nSPS) is 11.6. The van der Waals surface area contributed by atoms with Gasteiger partial charge in [-0.3, -0.25) is 9.59 Å². The van der Waals surface area contributed by atoms with Crippen molar-refractivity contribution in [2.24, 2.45) is 0 Å². The number of nitrogens with one attached hydrogen (secondary N) is 1. The second-order valence-electron chi connectivity index (χ2n) is 8.16. The number of likely N-dealkylation sites (N-methyl/N-ethyl adjacent to an activating group) is 1. The molecule has 0 heterocycles. The Balaban J connectivity index is 1.81. The number of benzene rings is 3. The van der Waals surface area contributed by atoms with Crippen LogP contribution >= 0.6 is 23.4 Å². The molecule has 178 valence electrons. The summed E-state index contributed by atoms with van der Waals surface area (Å²) in [5.74, 6) is 0.446. The van der Waals surface area contributed by atoms with E-state index in [-0.39, 0.29) is 11.8 Å². The minimum absolute atomic E-state index is 0.0493. The first-order valence-electron chi connectivity index (χ1n) is 11.5. The molecule has 0 aliphatic rings. The molecule has 34 heavy (non-hydrogen) atoms. The Hall–Kier alpha value is -2.76. The standard InChI is InChI=1S/C28H31ClN2O2S/c1-3-30-28(33)26(19-22-8-5-4-6-9-22)31(20-23-10-7-11-24(29)18-23)27(32)16-17-34-25-14-12-21(2)13-15-25/h4-15,18,26H,3,16-17,19-20H2,1-2H3,(H,30,33). The number of rotatable bonds is 11. The third kappa shape index (κ3) is 7.93. The van der Waals surface area contributed by atoms with Gasteiger partial charge >= 0.3 is 0 Å². The van der Waals surface area contributed by atoms with E-state index in [1.54, 1.807) is 22.7 Å². The molecule has 0 aliphatic heterocycles. The fraction of sp³-hybridized carbons (Fsp3) is 0.286. The lowest BCUT2D eigenvalue weighted by molar-refractivity contribution is -0.140. The number of carbonyl (C=O) groups excluding carboxylic acids is 2. The topological polar surface area (TPSA) is 49.4 Å². The highest BCUT2D eigenvalue weighted by Crippen LogP contribution is 2.22. The predicted octanol–water partition coefficient (Wildman–Crippen LogP) is 5.91. The van der Waals surface area contributed by atoms with Crippen molar-refractivity contribution in [3.63, 3.8) is 0 Å². The van der Waals surface area contributed by atoms with Crippen molar-refractivity contribution in [3.05, 3.63) is 101 Å². The summed E-state index contributed by atoms with van der Waals surface area (Å²) in [7, 11) is 0. The van der Waals surface area contributed by atoms with E-state index in [1.807, 2.05) is 55.5 Å². The second kappa shape index (κ2) is 13.2. The van der Waals surface area contributed by atoms with Crippen LogP contribution in [0.2, 0.25) is 5.02 Å². The Morgan fingerprint density at radius 2 is 1.68 bits per heavy atom. The molecule has 0 aliphatic carbocycles. The van der Waals surface area contributed by atoms with E-state index in [0.717, 1.165) is 16.0 Å². The number of hydrogen-bond donors (Lipinski definition) is 1. The number of nitrogens with zero attached hydrogens (tertiary/aromatic N) is 1. The third-order valence-corrected chi connectivity index (χ3v) is 6.72. The number of thioether (sulfide) groups is 1. The highest BCUT2D eigenvalue weighted by molar-refractivity contribution is 7.99. The molecule has 1 N–H and O–H groups in total. The SMILES string of the molecule is CCNC(=O)C(Cc1ccccc1)N(Cc1cccc(Cl)c1)C(=O)CCSc1ccc(C)cc1. The van der Waals surface area contributed by atoms with Gasteiger partial charge in [-0.05, 0) is 49.2 Å². The molecule has 1 unspecified atom stereocenters. The van der Waals surface area contributed by atoms with E-state index in [2.05, 4.69) is 36.5 Å². The van der Waals surface area contributed by atoms with Gasteiger partial charge in [0.2, 0.25) is 11.8 Å². The van der Waals surface area contributed by atoms with E-state index in [1.165, 1.54) is 5.56 Å². The van der Waals surface area contributed by atoms with Gasteiger partial charge in [-0.25, -0.2) is 0 Å². The zero-order valence-electron chi connectivity index (χ0n) is 19.7. The van der Waals surface area contributed by atoms with Crippen LogP contribution in [0.5, 0.6) is 0 Å². The molecule has 1 atom stereocenters. The van der Waals surface area contributed by atoms with Crippen molar-refractivity contribution >= 4 is 35.2 Å². The van der Waals surface area contributed by atoms with Gasteiger partial charge in [-0.1, -0.05) is 71.8 Å². The van der Waals surface area contributed by atoms with Gasteiger partial charge < -0.3 is 10.2 Å². The van der Waals surface area contributed by atoms with Crippen molar-refractivity contribution in [2.45, 2.75) is 44.2 Å². The molecule has 0 aromatic heterocycles. The maximum atomic E-state index is 13.5. The van der Waals surface area contributed by atoms with Crippen molar-refractivity contribution in [1.29, 1.82) is 0 Å². The molecule has 0 saturated carbocycles. The Morgan fingerprint density at radius 3 is 2.35 bits per heavy atom. The fourth-order valence-corrected chi connectivity index (χ4v) is 4.77. The first-order valence-corrected chi connectivity index (χ1v) is 12.9. The fourth-order valence-electron chi connectivity index (χ4n) is 3.71. The average Bonchev–Trinajstić information content (AvgIpc) is 2.83. The van der Waals surface area contributed by atoms with Crippen molar-refractivity contribution in [3.8, 4) is 0 Å². The minimum atomic E-state index is -0.613. The lowest BCUT2D eigenvalue weighted by Crippen LogP contribution is -2.50. The number of amides is 2. The van der Waals surface area contributed by atoms with Crippen molar-refractivity contribution in [1.82, 2.24) is 10.2 Å². The highest BCUT2D eigenvalue weighted by atomic mass is 35.5. The van der Waals surface area contributed by atoms with Crippen molar-refractivity contribution in [2.75, 3.05) is 12.3 Å². The molecule has 0 spiro atoms. The molecule has 0 bridgehead atoms. The molecular formula is C28H31ClN2O2S. The molecule has 0 fully saturated rings. The van der Waals surface area contributed by atoms with E-state index in [4.69, 9.17) is 11.6 Å². The van der Waals surface area contributed by atoms with Crippen LogP contribution in [-0.4, -0.2) is 35.1 Å². The van der Waals surface area contributed by atoms with Crippen LogP contribution in [0.25, 0.3) is 0 Å². The summed E-state index contributed by atoms with van der Waals surface area (Å²) in [6.45, 7) is 4.77. The molecule has 3 rings (SSSR count). The zero-order valence-corrected chi connectivity index (χ0v) is 21.2. The van der Waals surface area contributed by atoms with Gasteiger partial charge in [0.1, 0.15) is 6.04 Å². The Labute approximate surface area is 211 Å². The first kappa shape index (κ1) is 25.9.